The van der Waals surface area contributed by atoms with Gasteiger partial charge in [-0.3, -0.25) is 9.63 Å². The minimum absolute atomic E-state index is 0.225. The molecule has 0 aliphatic rings. The second-order valence-corrected chi connectivity index (χ2v) is 5.35. The average Bonchev–Trinajstić information content (AvgIpc) is 2.87. The Morgan fingerprint density at radius 1 is 1.35 bits per heavy atom. The van der Waals surface area contributed by atoms with Gasteiger partial charge in [-0.15, -0.1) is 0 Å². The van der Waals surface area contributed by atoms with Crippen LogP contribution in [0.5, 0.6) is 0 Å². The number of nitrogens with zero attached hydrogens (tertiary/aromatic N) is 1. The molecule has 0 saturated heterocycles. The molecule has 0 bridgehead atoms. The summed E-state index contributed by atoms with van der Waals surface area (Å²) in [5, 5.41) is 1.95. The van der Waals surface area contributed by atoms with Gasteiger partial charge in [0.15, 0.2) is 0 Å². The SMILES string of the molecule is CON(CCc1ccc(Cl)cc1)C(=O)c1occc1Br. The molecule has 6 heteroatoms. The Morgan fingerprint density at radius 2 is 2.05 bits per heavy atom. The van der Waals surface area contributed by atoms with Crippen molar-refractivity contribution in [3.63, 3.8) is 0 Å². The topological polar surface area (TPSA) is 42.7 Å². The van der Waals surface area contributed by atoms with Crippen molar-refractivity contribution in [2.75, 3.05) is 13.7 Å². The van der Waals surface area contributed by atoms with E-state index in [2.05, 4.69) is 15.9 Å². The molecule has 2 rings (SSSR count). The van der Waals surface area contributed by atoms with Crippen LogP contribution in [-0.2, 0) is 11.3 Å². The van der Waals surface area contributed by atoms with E-state index in [0.717, 1.165) is 5.56 Å². The average molecular weight is 359 g/mol. The van der Waals surface area contributed by atoms with Crippen LogP contribution in [0.4, 0.5) is 0 Å². The van der Waals surface area contributed by atoms with Crippen molar-refractivity contribution < 1.29 is 14.0 Å². The molecule has 1 aromatic carbocycles. The van der Waals surface area contributed by atoms with Gasteiger partial charge in [-0.25, -0.2) is 5.06 Å². The molecule has 0 radical (unpaired) electrons. The number of hydrogen-bond acceptors (Lipinski definition) is 3. The first-order valence-corrected chi connectivity index (χ1v) is 7.12. The largest absolute Gasteiger partial charge is 0.458 e. The fourth-order valence-corrected chi connectivity index (χ4v) is 2.21. The molecule has 0 atom stereocenters. The summed E-state index contributed by atoms with van der Waals surface area (Å²) in [5.74, 6) is -0.0960. The van der Waals surface area contributed by atoms with Gasteiger partial charge >= 0.3 is 5.91 Å². The lowest BCUT2D eigenvalue weighted by molar-refractivity contribution is -0.0958. The molecule has 0 aliphatic heterocycles. The molecule has 4 nitrogen and oxygen atoms in total. The molecule has 0 fully saturated rings. The summed E-state index contributed by atoms with van der Waals surface area (Å²) in [7, 11) is 1.45. The van der Waals surface area contributed by atoms with Crippen LogP contribution in [0.1, 0.15) is 16.1 Å². The number of furan rings is 1. The number of halogens is 2. The lowest BCUT2D eigenvalue weighted by Crippen LogP contribution is -2.31. The summed E-state index contributed by atoms with van der Waals surface area (Å²) in [6.45, 7) is 0.421. The van der Waals surface area contributed by atoms with Crippen LogP contribution >= 0.6 is 27.5 Å². The number of carbonyl (C=O) groups is 1. The predicted octanol–water partition coefficient (Wildman–Crippen LogP) is 3.94. The highest BCUT2D eigenvalue weighted by Gasteiger charge is 2.21. The normalized spacial score (nSPS) is 10.6. The first kappa shape index (κ1) is 15.1. The van der Waals surface area contributed by atoms with Crippen molar-refractivity contribution >= 4 is 33.4 Å². The van der Waals surface area contributed by atoms with Gasteiger partial charge in [0.2, 0.25) is 5.76 Å². The quantitative estimate of drug-likeness (QED) is 0.760. The highest BCUT2D eigenvalue weighted by Crippen LogP contribution is 2.19. The number of hydrogen-bond donors (Lipinski definition) is 0. The molecule has 1 heterocycles. The Kier molecular flexibility index (Phi) is 5.23. The molecule has 0 N–H and O–H groups in total. The summed E-state index contributed by atoms with van der Waals surface area (Å²) in [5.41, 5.74) is 1.07. The second-order valence-electron chi connectivity index (χ2n) is 4.06. The van der Waals surface area contributed by atoms with Crippen molar-refractivity contribution in [1.29, 1.82) is 0 Å². The van der Waals surface area contributed by atoms with Crippen molar-refractivity contribution in [3.8, 4) is 0 Å². The zero-order valence-corrected chi connectivity index (χ0v) is 13.1. The van der Waals surface area contributed by atoms with E-state index in [4.69, 9.17) is 20.9 Å². The summed E-state index contributed by atoms with van der Waals surface area (Å²) < 4.78 is 5.75. The van der Waals surface area contributed by atoms with Crippen molar-refractivity contribution in [2.24, 2.45) is 0 Å². The van der Waals surface area contributed by atoms with Crippen LogP contribution in [0.25, 0.3) is 0 Å². The maximum Gasteiger partial charge on any atom is 0.314 e. The molecule has 0 spiro atoms. The molecule has 0 aliphatic carbocycles. The third-order valence-corrected chi connectivity index (χ3v) is 3.65. The van der Waals surface area contributed by atoms with E-state index in [1.165, 1.54) is 18.4 Å². The highest BCUT2D eigenvalue weighted by atomic mass is 79.9. The predicted molar refractivity (Wildman–Crippen MR) is 79.6 cm³/mol. The summed E-state index contributed by atoms with van der Waals surface area (Å²) in [6, 6.07) is 9.14. The van der Waals surface area contributed by atoms with Crippen LogP contribution < -0.4 is 0 Å². The lowest BCUT2D eigenvalue weighted by atomic mass is 10.1. The lowest BCUT2D eigenvalue weighted by Gasteiger charge is -2.18. The maximum absolute atomic E-state index is 12.2. The second kappa shape index (κ2) is 6.92. The van der Waals surface area contributed by atoms with Gasteiger partial charge in [-0.05, 0) is 46.1 Å². The fraction of sp³-hybridized carbons (Fsp3) is 0.214. The smallest absolute Gasteiger partial charge is 0.314 e. The zero-order chi connectivity index (χ0) is 14.5. The van der Waals surface area contributed by atoms with Crippen LogP contribution in [0.2, 0.25) is 5.02 Å². The van der Waals surface area contributed by atoms with Crippen LogP contribution in [0.15, 0.2) is 45.5 Å². The van der Waals surface area contributed by atoms with E-state index in [1.54, 1.807) is 6.07 Å². The summed E-state index contributed by atoms with van der Waals surface area (Å²) in [4.78, 5) is 17.3. The van der Waals surface area contributed by atoms with E-state index in [0.29, 0.717) is 22.5 Å². The zero-order valence-electron chi connectivity index (χ0n) is 10.8. The minimum Gasteiger partial charge on any atom is -0.458 e. The van der Waals surface area contributed by atoms with E-state index in [1.807, 2.05) is 24.3 Å². The third kappa shape index (κ3) is 3.62. The number of rotatable bonds is 5. The Bertz CT molecular complexity index is 582. The standard InChI is InChI=1S/C14H13BrClNO3/c1-19-17(14(18)13-12(15)7-9-20-13)8-6-10-2-4-11(16)5-3-10/h2-5,7,9H,6,8H2,1H3. The van der Waals surface area contributed by atoms with Gasteiger partial charge in [0.05, 0.1) is 24.4 Å². The van der Waals surface area contributed by atoms with E-state index < -0.39 is 0 Å². The Balaban J connectivity index is 2.00. The Hall–Kier alpha value is -1.30. The van der Waals surface area contributed by atoms with Crippen LogP contribution in [0.3, 0.4) is 0 Å². The molecule has 0 unspecified atom stereocenters. The first-order valence-electron chi connectivity index (χ1n) is 5.95. The van der Waals surface area contributed by atoms with Gasteiger partial charge < -0.3 is 4.42 Å². The van der Waals surface area contributed by atoms with E-state index in [-0.39, 0.29) is 11.7 Å². The molecule has 1 aromatic heterocycles. The highest BCUT2D eigenvalue weighted by molar-refractivity contribution is 9.10. The number of hydroxylamine groups is 2. The van der Waals surface area contributed by atoms with Crippen LogP contribution in [-0.4, -0.2) is 24.6 Å². The van der Waals surface area contributed by atoms with Gasteiger partial charge in [-0.1, -0.05) is 23.7 Å². The monoisotopic (exact) mass is 357 g/mol. The number of amides is 1. The summed E-state index contributed by atoms with van der Waals surface area (Å²) in [6.07, 6.45) is 2.11. The first-order chi connectivity index (χ1) is 9.61. The van der Waals surface area contributed by atoms with Gasteiger partial charge in [0.25, 0.3) is 0 Å². The van der Waals surface area contributed by atoms with Gasteiger partial charge in [0, 0.05) is 5.02 Å². The van der Waals surface area contributed by atoms with Crippen LogP contribution in [0, 0.1) is 0 Å². The molecule has 0 saturated carbocycles. The van der Waals surface area contributed by atoms with E-state index >= 15 is 0 Å². The van der Waals surface area contributed by atoms with Gasteiger partial charge in [-0.2, -0.15) is 0 Å². The molecule has 1 amide bonds. The molecular formula is C14H13BrClNO3. The molecular weight excluding hydrogens is 346 g/mol. The van der Waals surface area contributed by atoms with E-state index in [9.17, 15) is 4.79 Å². The van der Waals surface area contributed by atoms with Gasteiger partial charge in [0.1, 0.15) is 0 Å². The summed E-state index contributed by atoms with van der Waals surface area (Å²) >= 11 is 9.09. The molecule has 106 valence electrons. The van der Waals surface area contributed by atoms with Crippen molar-refractivity contribution in [2.45, 2.75) is 6.42 Å². The third-order valence-electron chi connectivity index (χ3n) is 2.78. The Labute approximate surface area is 130 Å². The van der Waals surface area contributed by atoms with Crippen molar-refractivity contribution in [1.82, 2.24) is 5.06 Å². The fourth-order valence-electron chi connectivity index (χ4n) is 1.72. The maximum atomic E-state index is 12.2. The number of benzene rings is 1. The molecule has 2 aromatic rings. The molecule has 20 heavy (non-hydrogen) atoms. The minimum atomic E-state index is -0.321. The number of carbonyl (C=O) groups excluding carboxylic acids is 1. The van der Waals surface area contributed by atoms with Crippen molar-refractivity contribution in [3.05, 3.63) is 57.4 Å². The Morgan fingerprint density at radius 3 is 2.60 bits per heavy atom.